The van der Waals surface area contributed by atoms with Gasteiger partial charge in [-0.15, -0.1) is 0 Å². The molecule has 0 bridgehead atoms. The minimum absolute atomic E-state index is 0.0471. The Balaban J connectivity index is 2.78. The number of pyridine rings is 1. The molecule has 0 aliphatic carbocycles. The molecular weight excluding hydrogens is 232 g/mol. The highest BCUT2D eigenvalue weighted by Crippen LogP contribution is 2.12. The van der Waals surface area contributed by atoms with Crippen LogP contribution in [0.15, 0.2) is 35.7 Å². The van der Waals surface area contributed by atoms with Crippen LogP contribution in [0.5, 0.6) is 0 Å². The van der Waals surface area contributed by atoms with E-state index in [1.54, 1.807) is 18.5 Å². The zero-order chi connectivity index (χ0) is 13.7. The third-order valence-electron chi connectivity index (χ3n) is 2.76. The van der Waals surface area contributed by atoms with Gasteiger partial charge in [0.2, 0.25) is 5.91 Å². The molecular formula is C13H16N2O3. The van der Waals surface area contributed by atoms with Crippen LogP contribution >= 0.6 is 0 Å². The Bertz CT molecular complexity index is 480. The number of nitrogens with one attached hydrogen (secondary N) is 1. The molecule has 96 valence electrons. The van der Waals surface area contributed by atoms with E-state index in [9.17, 15) is 9.59 Å². The lowest BCUT2D eigenvalue weighted by Gasteiger charge is -2.14. The largest absolute Gasteiger partial charge is 0.478 e. The van der Waals surface area contributed by atoms with E-state index in [1.165, 1.54) is 13.8 Å². The summed E-state index contributed by atoms with van der Waals surface area (Å²) in [6, 6.07) is 3.41. The molecule has 1 heterocycles. The second-order valence-corrected chi connectivity index (χ2v) is 4.04. The van der Waals surface area contributed by atoms with Crippen molar-refractivity contribution in [3.05, 3.63) is 41.2 Å². The quantitative estimate of drug-likeness (QED) is 0.794. The monoisotopic (exact) mass is 248 g/mol. The summed E-state index contributed by atoms with van der Waals surface area (Å²) in [7, 11) is 0. The third kappa shape index (κ3) is 3.41. The number of hydrogen-bond donors (Lipinski definition) is 2. The van der Waals surface area contributed by atoms with Crippen LogP contribution in [0.1, 0.15) is 32.4 Å². The Labute approximate surface area is 106 Å². The number of carboxylic acid groups (broad SMARTS) is 1. The van der Waals surface area contributed by atoms with Crippen LogP contribution in [0.2, 0.25) is 0 Å². The molecule has 0 saturated heterocycles. The Morgan fingerprint density at radius 3 is 2.50 bits per heavy atom. The molecule has 0 saturated carbocycles. The maximum absolute atomic E-state index is 11.8. The van der Waals surface area contributed by atoms with Gasteiger partial charge >= 0.3 is 5.97 Å². The lowest BCUT2D eigenvalue weighted by molar-refractivity contribution is -0.133. The Hall–Kier alpha value is -2.17. The molecule has 1 rings (SSSR count). The average Bonchev–Trinajstić information content (AvgIpc) is 2.37. The Morgan fingerprint density at radius 1 is 1.33 bits per heavy atom. The first-order valence-corrected chi connectivity index (χ1v) is 5.55. The molecule has 1 amide bonds. The van der Waals surface area contributed by atoms with Crippen LogP contribution in [0.3, 0.4) is 0 Å². The summed E-state index contributed by atoms with van der Waals surface area (Å²) in [4.78, 5) is 26.5. The van der Waals surface area contributed by atoms with Crippen molar-refractivity contribution in [2.45, 2.75) is 26.8 Å². The van der Waals surface area contributed by atoms with Crippen molar-refractivity contribution in [1.82, 2.24) is 10.3 Å². The zero-order valence-electron chi connectivity index (χ0n) is 10.6. The van der Waals surface area contributed by atoms with Crippen molar-refractivity contribution in [1.29, 1.82) is 0 Å². The van der Waals surface area contributed by atoms with Gasteiger partial charge in [-0.3, -0.25) is 9.78 Å². The van der Waals surface area contributed by atoms with Crippen molar-refractivity contribution in [3.63, 3.8) is 0 Å². The maximum atomic E-state index is 11.8. The van der Waals surface area contributed by atoms with Gasteiger partial charge in [-0.2, -0.15) is 0 Å². The molecule has 18 heavy (non-hydrogen) atoms. The second kappa shape index (κ2) is 5.95. The molecule has 1 aromatic heterocycles. The highest BCUT2D eigenvalue weighted by atomic mass is 16.4. The third-order valence-corrected chi connectivity index (χ3v) is 2.76. The molecule has 0 fully saturated rings. The first-order chi connectivity index (χ1) is 8.43. The van der Waals surface area contributed by atoms with E-state index in [4.69, 9.17) is 5.11 Å². The lowest BCUT2D eigenvalue weighted by atomic mass is 10.1. The number of aromatic nitrogens is 1. The summed E-state index contributed by atoms with van der Waals surface area (Å²) in [5.74, 6) is -1.47. The van der Waals surface area contributed by atoms with Gasteiger partial charge in [-0.25, -0.2) is 4.79 Å². The molecule has 0 aliphatic rings. The van der Waals surface area contributed by atoms with E-state index < -0.39 is 5.97 Å². The normalized spacial score (nSPS) is 13.5. The molecule has 1 atom stereocenters. The molecule has 5 nitrogen and oxygen atoms in total. The van der Waals surface area contributed by atoms with Gasteiger partial charge in [0.05, 0.1) is 6.04 Å². The standard InChI is InChI=1S/C13H16N2O3/c1-8(9(2)13(17)18)12(16)15-10(3)11-5-4-6-14-7-11/h4-7,10H,1-3H3,(H,15,16)(H,17,18)/b9-8-/t10-/m0/s1. The fourth-order valence-electron chi connectivity index (χ4n) is 1.35. The van der Waals surface area contributed by atoms with Crippen LogP contribution in [0.4, 0.5) is 0 Å². The number of carbonyl (C=O) groups excluding carboxylic acids is 1. The van der Waals surface area contributed by atoms with Gasteiger partial charge in [-0.05, 0) is 32.4 Å². The lowest BCUT2D eigenvalue weighted by Crippen LogP contribution is -2.28. The van der Waals surface area contributed by atoms with Crippen molar-refractivity contribution >= 4 is 11.9 Å². The predicted molar refractivity (Wildman–Crippen MR) is 66.8 cm³/mol. The van der Waals surface area contributed by atoms with Crippen molar-refractivity contribution < 1.29 is 14.7 Å². The van der Waals surface area contributed by atoms with E-state index in [1.807, 2.05) is 13.0 Å². The van der Waals surface area contributed by atoms with Gasteiger partial charge in [0.1, 0.15) is 0 Å². The number of aliphatic carboxylic acids is 1. The molecule has 0 aliphatic heterocycles. The molecule has 2 N–H and O–H groups in total. The van der Waals surface area contributed by atoms with E-state index in [0.717, 1.165) is 5.56 Å². The number of hydrogen-bond acceptors (Lipinski definition) is 3. The van der Waals surface area contributed by atoms with Gasteiger partial charge in [0.25, 0.3) is 0 Å². The van der Waals surface area contributed by atoms with E-state index in [-0.39, 0.29) is 23.1 Å². The summed E-state index contributed by atoms with van der Waals surface area (Å²) in [5.41, 5.74) is 1.12. The summed E-state index contributed by atoms with van der Waals surface area (Å²) in [6.45, 7) is 4.72. The van der Waals surface area contributed by atoms with Gasteiger partial charge < -0.3 is 10.4 Å². The van der Waals surface area contributed by atoms with Crippen LogP contribution in [-0.4, -0.2) is 22.0 Å². The summed E-state index contributed by atoms with van der Waals surface area (Å²) < 4.78 is 0. The predicted octanol–water partition coefficient (Wildman–Crippen LogP) is 1.68. The summed E-state index contributed by atoms with van der Waals surface area (Å²) in [5, 5.41) is 11.5. The molecule has 0 radical (unpaired) electrons. The average molecular weight is 248 g/mol. The van der Waals surface area contributed by atoms with E-state index >= 15 is 0 Å². The van der Waals surface area contributed by atoms with E-state index in [2.05, 4.69) is 10.3 Å². The van der Waals surface area contributed by atoms with Gasteiger partial charge in [0, 0.05) is 23.5 Å². The van der Waals surface area contributed by atoms with Crippen LogP contribution in [-0.2, 0) is 9.59 Å². The summed E-state index contributed by atoms with van der Waals surface area (Å²) in [6.07, 6.45) is 3.31. The highest BCUT2D eigenvalue weighted by Gasteiger charge is 2.15. The first kappa shape index (κ1) is 13.9. The number of amides is 1. The molecule has 5 heteroatoms. The topological polar surface area (TPSA) is 79.3 Å². The number of rotatable bonds is 4. The van der Waals surface area contributed by atoms with Crippen molar-refractivity contribution in [3.8, 4) is 0 Å². The Kier molecular flexibility index (Phi) is 4.59. The van der Waals surface area contributed by atoms with Crippen molar-refractivity contribution in [2.75, 3.05) is 0 Å². The van der Waals surface area contributed by atoms with Crippen LogP contribution in [0.25, 0.3) is 0 Å². The second-order valence-electron chi connectivity index (χ2n) is 4.04. The zero-order valence-corrected chi connectivity index (χ0v) is 10.6. The van der Waals surface area contributed by atoms with Gasteiger partial charge in [-0.1, -0.05) is 6.07 Å². The van der Waals surface area contributed by atoms with Gasteiger partial charge in [0.15, 0.2) is 0 Å². The minimum atomic E-state index is -1.09. The SMILES string of the molecule is C/C(C(=O)O)=C(\C)C(=O)N[C@@H](C)c1cccnc1. The highest BCUT2D eigenvalue weighted by molar-refractivity contribution is 6.01. The van der Waals surface area contributed by atoms with Crippen molar-refractivity contribution in [2.24, 2.45) is 0 Å². The maximum Gasteiger partial charge on any atom is 0.331 e. The summed E-state index contributed by atoms with van der Waals surface area (Å²) >= 11 is 0. The molecule has 0 aromatic carbocycles. The van der Waals surface area contributed by atoms with E-state index in [0.29, 0.717) is 0 Å². The van der Waals surface area contributed by atoms with Crippen LogP contribution in [0, 0.1) is 0 Å². The number of nitrogens with zero attached hydrogens (tertiary/aromatic N) is 1. The molecule has 1 aromatic rings. The smallest absolute Gasteiger partial charge is 0.331 e. The minimum Gasteiger partial charge on any atom is -0.478 e. The molecule has 0 unspecified atom stereocenters. The van der Waals surface area contributed by atoms with Crippen LogP contribution < -0.4 is 5.32 Å². The molecule has 0 spiro atoms. The fraction of sp³-hybridized carbons (Fsp3) is 0.308. The fourth-order valence-corrected chi connectivity index (χ4v) is 1.35. The number of carbonyl (C=O) groups is 2. The number of carboxylic acids is 1. The first-order valence-electron chi connectivity index (χ1n) is 5.55. The Morgan fingerprint density at radius 2 is 2.00 bits per heavy atom.